The summed E-state index contributed by atoms with van der Waals surface area (Å²) in [5.74, 6) is 0.662. The Morgan fingerprint density at radius 2 is 1.83 bits per heavy atom. The van der Waals surface area contributed by atoms with Crippen molar-refractivity contribution < 1.29 is 4.79 Å². The third-order valence-corrected chi connectivity index (χ3v) is 6.12. The predicted octanol–water partition coefficient (Wildman–Crippen LogP) is 3.61. The number of nitrogens with one attached hydrogen (secondary N) is 1. The molecule has 2 saturated heterocycles. The van der Waals surface area contributed by atoms with Gasteiger partial charge in [-0.15, -0.1) is 0 Å². The van der Waals surface area contributed by atoms with Crippen LogP contribution in [0.2, 0.25) is 0 Å². The number of carbonyl (C=O) groups excluding carboxylic acids is 1. The lowest BCUT2D eigenvalue weighted by molar-refractivity contribution is -0.117. The fraction of sp³-hybridized carbons (Fsp3) is 0.565. The third kappa shape index (κ3) is 5.82. The first-order chi connectivity index (χ1) is 14.3. The topological polar surface area (TPSA) is 53.4 Å². The molecule has 0 saturated carbocycles. The van der Waals surface area contributed by atoms with E-state index >= 15 is 0 Å². The minimum Gasteiger partial charge on any atom is -0.372 e. The minimum atomic E-state index is 0.0794. The summed E-state index contributed by atoms with van der Waals surface area (Å²) in [5.41, 5.74) is 2.16. The van der Waals surface area contributed by atoms with Gasteiger partial charge in [0.05, 0.1) is 12.9 Å². The Balaban J connectivity index is 1.25. The summed E-state index contributed by atoms with van der Waals surface area (Å²) in [7, 11) is 0. The van der Waals surface area contributed by atoms with E-state index in [1.165, 1.54) is 37.8 Å². The molecular weight excluding hydrogens is 362 g/mol. The molecular formula is C23H33N5O. The molecule has 156 valence electrons. The molecule has 3 heterocycles. The van der Waals surface area contributed by atoms with Crippen LogP contribution in [-0.4, -0.2) is 53.1 Å². The van der Waals surface area contributed by atoms with Crippen molar-refractivity contribution in [3.63, 3.8) is 0 Å². The van der Waals surface area contributed by atoms with Gasteiger partial charge >= 0.3 is 0 Å². The van der Waals surface area contributed by atoms with E-state index in [1.807, 2.05) is 30.9 Å². The zero-order chi connectivity index (χ0) is 19.9. The summed E-state index contributed by atoms with van der Waals surface area (Å²) >= 11 is 0. The fourth-order valence-electron chi connectivity index (χ4n) is 4.62. The van der Waals surface area contributed by atoms with E-state index in [0.29, 0.717) is 12.5 Å². The third-order valence-electron chi connectivity index (χ3n) is 6.12. The van der Waals surface area contributed by atoms with Crippen molar-refractivity contribution in [3.05, 3.63) is 43.0 Å². The van der Waals surface area contributed by atoms with Gasteiger partial charge in [0.25, 0.3) is 0 Å². The number of hydrogen-bond acceptors (Lipinski definition) is 4. The first kappa shape index (κ1) is 20.0. The van der Waals surface area contributed by atoms with Crippen molar-refractivity contribution in [3.8, 4) is 0 Å². The fourth-order valence-corrected chi connectivity index (χ4v) is 4.62. The van der Waals surface area contributed by atoms with Gasteiger partial charge < -0.3 is 14.8 Å². The Labute approximate surface area is 173 Å². The lowest BCUT2D eigenvalue weighted by Gasteiger charge is -2.32. The molecule has 1 aromatic heterocycles. The SMILES string of the molecule is O=C(CN1CCCC(Cn2ccnc2)C1)Nc1ccc(N2CCCCCC2)cc1. The van der Waals surface area contributed by atoms with Gasteiger partial charge in [0.2, 0.25) is 5.91 Å². The second kappa shape index (κ2) is 9.92. The van der Waals surface area contributed by atoms with Gasteiger partial charge in [-0.2, -0.15) is 0 Å². The molecule has 6 nitrogen and oxygen atoms in total. The normalized spacial score (nSPS) is 21.0. The molecule has 1 atom stereocenters. The molecule has 29 heavy (non-hydrogen) atoms. The first-order valence-electron chi connectivity index (χ1n) is 11.1. The van der Waals surface area contributed by atoms with Crippen LogP contribution < -0.4 is 10.2 Å². The van der Waals surface area contributed by atoms with Crippen LogP contribution in [0.3, 0.4) is 0 Å². The highest BCUT2D eigenvalue weighted by Gasteiger charge is 2.22. The molecule has 2 aliphatic rings. The van der Waals surface area contributed by atoms with Crippen molar-refractivity contribution >= 4 is 17.3 Å². The summed E-state index contributed by atoms with van der Waals surface area (Å²) in [6.45, 7) is 5.70. The maximum absolute atomic E-state index is 12.6. The number of aromatic nitrogens is 2. The molecule has 6 heteroatoms. The molecule has 1 N–H and O–H groups in total. The second-order valence-electron chi connectivity index (χ2n) is 8.50. The molecule has 2 fully saturated rings. The van der Waals surface area contributed by atoms with E-state index in [9.17, 15) is 4.79 Å². The highest BCUT2D eigenvalue weighted by Crippen LogP contribution is 2.22. The number of piperidine rings is 1. The Morgan fingerprint density at radius 1 is 1.03 bits per heavy atom. The highest BCUT2D eigenvalue weighted by molar-refractivity contribution is 5.92. The average molecular weight is 396 g/mol. The van der Waals surface area contributed by atoms with Gasteiger partial charge in [-0.25, -0.2) is 4.98 Å². The molecule has 1 unspecified atom stereocenters. The molecule has 0 spiro atoms. The van der Waals surface area contributed by atoms with Crippen LogP contribution in [0, 0.1) is 5.92 Å². The van der Waals surface area contributed by atoms with Gasteiger partial charge in [-0.05, 0) is 62.4 Å². The smallest absolute Gasteiger partial charge is 0.238 e. The number of carbonyl (C=O) groups is 1. The van der Waals surface area contributed by atoms with Crippen LogP contribution in [0.25, 0.3) is 0 Å². The molecule has 2 aliphatic heterocycles. The molecule has 1 amide bonds. The van der Waals surface area contributed by atoms with E-state index in [1.54, 1.807) is 0 Å². The largest absolute Gasteiger partial charge is 0.372 e. The van der Waals surface area contributed by atoms with Crippen molar-refractivity contribution in [1.29, 1.82) is 0 Å². The number of amides is 1. The Hall–Kier alpha value is -2.34. The number of benzene rings is 1. The molecule has 4 rings (SSSR count). The Bertz CT molecular complexity index is 750. The van der Waals surface area contributed by atoms with Gasteiger partial charge in [-0.1, -0.05) is 12.8 Å². The van der Waals surface area contributed by atoms with Crippen LogP contribution in [0.4, 0.5) is 11.4 Å². The van der Waals surface area contributed by atoms with E-state index in [2.05, 4.69) is 36.8 Å². The molecule has 0 aliphatic carbocycles. The average Bonchev–Trinajstić information content (AvgIpc) is 3.08. The van der Waals surface area contributed by atoms with Crippen LogP contribution in [0.5, 0.6) is 0 Å². The standard InChI is InChI=1S/C23H33N5O/c29-23(18-26-12-5-6-20(16-26)17-27-15-11-24-19-27)25-21-7-9-22(10-8-21)28-13-3-1-2-4-14-28/h7-11,15,19-20H,1-6,12-14,16-18H2,(H,25,29). The van der Waals surface area contributed by atoms with Crippen LogP contribution >= 0.6 is 0 Å². The Kier molecular flexibility index (Phi) is 6.83. The van der Waals surface area contributed by atoms with E-state index in [-0.39, 0.29) is 5.91 Å². The molecule has 0 bridgehead atoms. The monoisotopic (exact) mass is 395 g/mol. The van der Waals surface area contributed by atoms with E-state index in [0.717, 1.165) is 44.8 Å². The number of anilines is 2. The van der Waals surface area contributed by atoms with Gasteiger partial charge in [-0.3, -0.25) is 9.69 Å². The van der Waals surface area contributed by atoms with Crippen LogP contribution in [-0.2, 0) is 11.3 Å². The number of nitrogens with zero attached hydrogens (tertiary/aromatic N) is 4. The lowest BCUT2D eigenvalue weighted by atomic mass is 9.98. The number of likely N-dealkylation sites (tertiary alicyclic amines) is 1. The maximum Gasteiger partial charge on any atom is 0.238 e. The van der Waals surface area contributed by atoms with Crippen molar-refractivity contribution in [1.82, 2.24) is 14.5 Å². The number of rotatable bonds is 6. The molecule has 1 aromatic carbocycles. The van der Waals surface area contributed by atoms with Gasteiger partial charge in [0.1, 0.15) is 0 Å². The molecule has 0 radical (unpaired) electrons. The summed E-state index contributed by atoms with van der Waals surface area (Å²) in [5, 5.41) is 3.08. The maximum atomic E-state index is 12.6. The van der Waals surface area contributed by atoms with E-state index < -0.39 is 0 Å². The molecule has 2 aromatic rings. The Morgan fingerprint density at radius 3 is 2.55 bits per heavy atom. The summed E-state index contributed by atoms with van der Waals surface area (Å²) < 4.78 is 2.14. The van der Waals surface area contributed by atoms with Crippen LogP contribution in [0.15, 0.2) is 43.0 Å². The van der Waals surface area contributed by atoms with Crippen molar-refractivity contribution in [2.24, 2.45) is 5.92 Å². The highest BCUT2D eigenvalue weighted by atomic mass is 16.2. The van der Waals surface area contributed by atoms with Crippen LogP contribution in [0.1, 0.15) is 38.5 Å². The van der Waals surface area contributed by atoms with Gasteiger partial charge in [0.15, 0.2) is 0 Å². The predicted molar refractivity (Wildman–Crippen MR) is 117 cm³/mol. The summed E-state index contributed by atoms with van der Waals surface area (Å²) in [6.07, 6.45) is 13.3. The number of hydrogen-bond donors (Lipinski definition) is 1. The van der Waals surface area contributed by atoms with Crippen molar-refractivity contribution in [2.45, 2.75) is 45.1 Å². The zero-order valence-corrected chi connectivity index (χ0v) is 17.3. The lowest BCUT2D eigenvalue weighted by Crippen LogP contribution is -2.41. The van der Waals surface area contributed by atoms with E-state index in [4.69, 9.17) is 0 Å². The first-order valence-corrected chi connectivity index (χ1v) is 11.1. The minimum absolute atomic E-state index is 0.0794. The summed E-state index contributed by atoms with van der Waals surface area (Å²) in [6, 6.07) is 8.36. The van der Waals surface area contributed by atoms with Crippen molar-refractivity contribution in [2.75, 3.05) is 42.9 Å². The number of imidazole rings is 1. The quantitative estimate of drug-likeness (QED) is 0.812. The zero-order valence-electron chi connectivity index (χ0n) is 17.3. The summed E-state index contributed by atoms with van der Waals surface area (Å²) in [4.78, 5) is 21.4. The van der Waals surface area contributed by atoms with Gasteiger partial charge in [0, 0.05) is 49.9 Å². The second-order valence-corrected chi connectivity index (χ2v) is 8.50.